The molecule has 0 saturated carbocycles. The van der Waals surface area contributed by atoms with Crippen molar-refractivity contribution in [2.24, 2.45) is 0 Å². The molecule has 0 bridgehead atoms. The lowest BCUT2D eigenvalue weighted by atomic mass is 10.2. The van der Waals surface area contributed by atoms with Gasteiger partial charge in [-0.1, -0.05) is 26.2 Å². The van der Waals surface area contributed by atoms with E-state index < -0.39 is 37.7 Å². The Hall–Kier alpha value is -1.20. The van der Waals surface area contributed by atoms with Gasteiger partial charge >= 0.3 is 0 Å². The molecular weight excluding hydrogens is 304 g/mol. The van der Waals surface area contributed by atoms with Crippen molar-refractivity contribution in [2.75, 3.05) is 13.1 Å². The van der Waals surface area contributed by atoms with Crippen LogP contribution in [0.5, 0.6) is 0 Å². The van der Waals surface area contributed by atoms with Gasteiger partial charge in [-0.15, -0.1) is 0 Å². The second-order valence-corrected chi connectivity index (χ2v) is 8.17. The van der Waals surface area contributed by atoms with E-state index in [1.807, 2.05) is 16.4 Å². The highest BCUT2D eigenvalue weighted by molar-refractivity contribution is 8.07. The van der Waals surface area contributed by atoms with Crippen LogP contribution >= 0.6 is 0 Å². The summed E-state index contributed by atoms with van der Waals surface area (Å²) in [5, 5.41) is 16.8. The van der Waals surface area contributed by atoms with Crippen LogP contribution < -0.4 is 9.44 Å². The Kier molecular flexibility index (Phi) is 8.34. The van der Waals surface area contributed by atoms with Crippen LogP contribution in [0.25, 0.3) is 0 Å². The van der Waals surface area contributed by atoms with Gasteiger partial charge in [-0.2, -0.15) is 20.0 Å². The van der Waals surface area contributed by atoms with Gasteiger partial charge in [-0.3, -0.25) is 0 Å². The molecule has 20 heavy (non-hydrogen) atoms. The van der Waals surface area contributed by atoms with Crippen LogP contribution in [-0.2, 0) is 20.0 Å². The number of sulfonamides is 2. The van der Waals surface area contributed by atoms with E-state index in [0.717, 1.165) is 6.42 Å². The number of hydrogen-bond acceptors (Lipinski definition) is 6. The van der Waals surface area contributed by atoms with Crippen molar-refractivity contribution in [3.8, 4) is 12.1 Å². The Morgan fingerprint density at radius 2 is 1.40 bits per heavy atom. The highest BCUT2D eigenvalue weighted by Crippen LogP contribution is 2.16. The fourth-order valence-corrected chi connectivity index (χ4v) is 5.09. The molecule has 8 nitrogen and oxygen atoms in total. The predicted octanol–water partition coefficient (Wildman–Crippen LogP) is -0.221. The molecule has 0 amide bonds. The average Bonchev–Trinajstić information content (AvgIpc) is 2.38. The second-order valence-electron chi connectivity index (χ2n) is 3.97. The Morgan fingerprint density at radius 3 is 1.75 bits per heavy atom. The van der Waals surface area contributed by atoms with Crippen LogP contribution in [0.2, 0.25) is 0 Å². The van der Waals surface area contributed by atoms with Crippen LogP contribution in [0.15, 0.2) is 0 Å². The van der Waals surface area contributed by atoms with E-state index in [1.54, 1.807) is 12.1 Å². The van der Waals surface area contributed by atoms with Crippen molar-refractivity contribution in [2.45, 2.75) is 37.2 Å². The zero-order chi connectivity index (χ0) is 15.6. The Balaban J connectivity index is 5.18. The molecule has 0 unspecified atom stereocenters. The van der Waals surface area contributed by atoms with Crippen LogP contribution in [0.4, 0.5) is 0 Å². The summed E-state index contributed by atoms with van der Waals surface area (Å²) in [6.45, 7) is 0.903. The Bertz CT molecular complexity index is 523. The first-order chi connectivity index (χ1) is 9.31. The van der Waals surface area contributed by atoms with Crippen molar-refractivity contribution in [1.82, 2.24) is 9.44 Å². The van der Waals surface area contributed by atoms with Crippen molar-refractivity contribution in [3.05, 3.63) is 0 Å². The van der Waals surface area contributed by atoms with Crippen LogP contribution in [0, 0.1) is 22.7 Å². The van der Waals surface area contributed by atoms with Crippen molar-refractivity contribution >= 4 is 20.0 Å². The molecule has 0 spiro atoms. The minimum Gasteiger partial charge on any atom is -0.211 e. The number of nitrogens with one attached hydrogen (secondary N) is 2. The monoisotopic (exact) mass is 322 g/mol. The Labute approximate surface area is 119 Å². The third-order valence-corrected chi connectivity index (χ3v) is 6.91. The molecule has 0 radical (unpaired) electrons. The number of rotatable bonds is 10. The molecular formula is C10H18N4O4S2. The van der Waals surface area contributed by atoms with Gasteiger partial charge in [0, 0.05) is 0 Å². The molecule has 0 aromatic heterocycles. The molecule has 0 aliphatic heterocycles. The third-order valence-electron chi connectivity index (χ3n) is 2.44. The molecule has 114 valence electrons. The number of nitriles is 2. The molecule has 0 fully saturated rings. The first-order valence-corrected chi connectivity index (χ1v) is 9.12. The lowest BCUT2D eigenvalue weighted by Gasteiger charge is -2.17. The fourth-order valence-electron chi connectivity index (χ4n) is 1.49. The molecule has 0 heterocycles. The average molecular weight is 322 g/mol. The molecule has 0 aliphatic carbocycles. The molecule has 0 saturated heterocycles. The van der Waals surface area contributed by atoms with E-state index >= 15 is 0 Å². The third kappa shape index (κ3) is 6.30. The summed E-state index contributed by atoms with van der Waals surface area (Å²) in [4.78, 5) is 0. The standard InChI is InChI=1S/C10H18N4O4S2/c1-2-3-4-5-10(19(15,16)13-8-6-11)20(17,18)14-9-7-12/h10,13-14H,2-5,8-9H2,1H3. The van der Waals surface area contributed by atoms with Crippen molar-refractivity contribution in [1.29, 1.82) is 10.5 Å². The van der Waals surface area contributed by atoms with E-state index in [0.29, 0.717) is 12.8 Å². The minimum absolute atomic E-state index is 0.0879. The molecule has 0 aromatic carbocycles. The van der Waals surface area contributed by atoms with Crippen LogP contribution in [0.1, 0.15) is 32.6 Å². The molecule has 0 atom stereocenters. The molecule has 0 aliphatic rings. The second kappa shape index (κ2) is 8.87. The highest BCUT2D eigenvalue weighted by atomic mass is 32.3. The Morgan fingerprint density at radius 1 is 0.950 bits per heavy atom. The maximum Gasteiger partial charge on any atom is 0.231 e. The van der Waals surface area contributed by atoms with Gasteiger partial charge in [0.2, 0.25) is 20.0 Å². The van der Waals surface area contributed by atoms with Gasteiger partial charge in [-0.25, -0.2) is 16.8 Å². The molecule has 2 N–H and O–H groups in total. The summed E-state index contributed by atoms with van der Waals surface area (Å²) >= 11 is 0. The van der Waals surface area contributed by atoms with E-state index in [4.69, 9.17) is 10.5 Å². The van der Waals surface area contributed by atoms with E-state index in [1.165, 1.54) is 0 Å². The maximum absolute atomic E-state index is 11.9. The molecule has 0 aromatic rings. The van der Waals surface area contributed by atoms with Gasteiger partial charge in [0.25, 0.3) is 0 Å². The van der Waals surface area contributed by atoms with Crippen molar-refractivity contribution in [3.63, 3.8) is 0 Å². The fraction of sp³-hybridized carbons (Fsp3) is 0.800. The van der Waals surface area contributed by atoms with Gasteiger partial charge in [0.05, 0.1) is 25.2 Å². The van der Waals surface area contributed by atoms with Crippen LogP contribution in [0.3, 0.4) is 0 Å². The summed E-state index contributed by atoms with van der Waals surface area (Å²) in [6, 6.07) is 3.17. The van der Waals surface area contributed by atoms with Crippen LogP contribution in [-0.4, -0.2) is 34.5 Å². The summed E-state index contributed by atoms with van der Waals surface area (Å²) in [5.74, 6) is 0. The topological polar surface area (TPSA) is 140 Å². The van der Waals surface area contributed by atoms with E-state index in [2.05, 4.69) is 0 Å². The number of nitrogens with zero attached hydrogens (tertiary/aromatic N) is 2. The highest BCUT2D eigenvalue weighted by Gasteiger charge is 2.36. The largest absolute Gasteiger partial charge is 0.231 e. The van der Waals surface area contributed by atoms with Gasteiger partial charge in [0.1, 0.15) is 0 Å². The summed E-state index contributed by atoms with van der Waals surface area (Å²) < 4.78 is 49.9. The molecule has 0 rings (SSSR count). The number of unbranched alkanes of at least 4 members (excludes halogenated alkanes) is 2. The van der Waals surface area contributed by atoms with E-state index in [-0.39, 0.29) is 6.42 Å². The minimum atomic E-state index is -4.19. The van der Waals surface area contributed by atoms with E-state index in [9.17, 15) is 16.8 Å². The lowest BCUT2D eigenvalue weighted by molar-refractivity contribution is 0.550. The lowest BCUT2D eigenvalue weighted by Crippen LogP contribution is -2.45. The van der Waals surface area contributed by atoms with Gasteiger partial charge in [0.15, 0.2) is 4.58 Å². The van der Waals surface area contributed by atoms with Gasteiger partial charge < -0.3 is 0 Å². The zero-order valence-electron chi connectivity index (χ0n) is 11.2. The smallest absolute Gasteiger partial charge is 0.211 e. The van der Waals surface area contributed by atoms with Gasteiger partial charge in [-0.05, 0) is 6.42 Å². The normalized spacial score (nSPS) is 12.0. The number of hydrogen-bond donors (Lipinski definition) is 2. The summed E-state index contributed by atoms with van der Waals surface area (Å²) in [7, 11) is -8.37. The predicted molar refractivity (Wildman–Crippen MR) is 73.0 cm³/mol. The van der Waals surface area contributed by atoms with Crippen molar-refractivity contribution < 1.29 is 16.8 Å². The quantitative estimate of drug-likeness (QED) is 0.421. The first kappa shape index (κ1) is 18.8. The summed E-state index contributed by atoms with van der Waals surface area (Å²) in [6.07, 6.45) is 1.83. The molecule has 10 heteroatoms. The SMILES string of the molecule is CCCCCC(S(=O)(=O)NCC#N)S(=O)(=O)NCC#N. The first-order valence-electron chi connectivity index (χ1n) is 6.02. The summed E-state index contributed by atoms with van der Waals surface area (Å²) in [5.41, 5.74) is 0. The maximum atomic E-state index is 11.9. The zero-order valence-corrected chi connectivity index (χ0v) is 12.8.